The van der Waals surface area contributed by atoms with Gasteiger partial charge in [0.2, 0.25) is 0 Å². The maximum absolute atomic E-state index is 3.76. The molecule has 0 aliphatic heterocycles. The molecule has 52 heavy (non-hydrogen) atoms. The van der Waals surface area contributed by atoms with Gasteiger partial charge in [-0.2, -0.15) is 0 Å². The first-order valence-corrected chi connectivity index (χ1v) is 32.9. The summed E-state index contributed by atoms with van der Waals surface area (Å²) in [5.41, 5.74) is 19.4. The van der Waals surface area contributed by atoms with Crippen LogP contribution in [0.1, 0.15) is 128 Å². The summed E-state index contributed by atoms with van der Waals surface area (Å²) in [7, 11) is 0. The molecule has 3 atom stereocenters. The van der Waals surface area contributed by atoms with E-state index in [-0.39, 0.29) is 35.6 Å². The quantitative estimate of drug-likeness (QED) is 0.155. The molecule has 2 aliphatic rings. The van der Waals surface area contributed by atoms with Crippen LogP contribution in [0.5, 0.6) is 0 Å². The van der Waals surface area contributed by atoms with Crippen LogP contribution in [0.3, 0.4) is 0 Å². The fourth-order valence-electron chi connectivity index (χ4n) is 9.58. The number of benzene rings is 4. The summed E-state index contributed by atoms with van der Waals surface area (Å²) in [5.74, 6) is 0.570. The number of halogens is 2. The van der Waals surface area contributed by atoms with Gasteiger partial charge in [-0.15, -0.1) is 24.8 Å². The van der Waals surface area contributed by atoms with E-state index in [2.05, 4.69) is 176 Å². The number of unbranched alkanes of at least 4 members (excludes halogenated alkanes) is 1. The number of rotatable bonds is 8. The van der Waals surface area contributed by atoms with Crippen molar-refractivity contribution in [1.29, 1.82) is 0 Å². The molecule has 0 heterocycles. The van der Waals surface area contributed by atoms with Gasteiger partial charge in [0.25, 0.3) is 0 Å². The van der Waals surface area contributed by atoms with Crippen LogP contribution in [0, 0.1) is 12.8 Å². The molecular weight excluding hydrogens is 767 g/mol. The van der Waals surface area contributed by atoms with Gasteiger partial charge < -0.3 is 0 Å². The van der Waals surface area contributed by atoms with Gasteiger partial charge in [-0.3, -0.25) is 0 Å². The number of aryl methyl sites for hydroxylation is 1. The van der Waals surface area contributed by atoms with Gasteiger partial charge in [-0.25, -0.2) is 0 Å². The molecular formula is C48H64Cl2SiZr. The summed E-state index contributed by atoms with van der Waals surface area (Å²) in [6.07, 6.45) is 9.05. The number of fused-ring (bicyclic) bond motifs is 2. The van der Waals surface area contributed by atoms with E-state index in [1.807, 2.05) is 0 Å². The first-order valence-electron chi connectivity index (χ1n) is 19.3. The van der Waals surface area contributed by atoms with Crippen molar-refractivity contribution in [2.45, 2.75) is 116 Å². The van der Waals surface area contributed by atoms with E-state index in [0.717, 1.165) is 0 Å². The minimum Gasteiger partial charge on any atom is -0.147 e. The van der Waals surface area contributed by atoms with E-state index in [1.165, 1.54) is 69.3 Å². The van der Waals surface area contributed by atoms with Crippen molar-refractivity contribution in [3.8, 4) is 22.3 Å². The van der Waals surface area contributed by atoms with Crippen molar-refractivity contribution in [3.63, 3.8) is 0 Å². The fourth-order valence-corrected chi connectivity index (χ4v) is 30.0. The molecule has 3 unspecified atom stereocenters. The molecule has 4 aromatic rings. The zero-order chi connectivity index (χ0) is 36.4. The topological polar surface area (TPSA) is 0 Å². The minimum atomic E-state index is -3.76. The molecule has 6 rings (SSSR count). The second-order valence-corrected chi connectivity index (χ2v) is 49.6. The summed E-state index contributed by atoms with van der Waals surface area (Å²) in [5, 5.41) is 0. The number of allylic oxidation sites excluding steroid dienone is 2. The SMILES string of the molecule is CCCCC(C)C1=Cc2c(-c3ccc(C(C)(C)C)cc3)cccc2[CH]1[Zr]([CH3])([CH3])(=[SiH2])[CH]1C(C)=Cc2c(-c3ccc(C(C)(C)C)cc3)cc(C)cc21.Cl.Cl. The Bertz CT molecular complexity index is 2060. The summed E-state index contributed by atoms with van der Waals surface area (Å²) >= 11 is -3.76. The largest absolute Gasteiger partial charge is 0.147 e. The summed E-state index contributed by atoms with van der Waals surface area (Å²) in [6, 6.07) is 31.1. The smallest absolute Gasteiger partial charge is 0.147 e. The monoisotopic (exact) mass is 828 g/mol. The third-order valence-corrected chi connectivity index (χ3v) is 29.8. The molecule has 0 N–H and O–H groups in total. The van der Waals surface area contributed by atoms with Crippen LogP contribution in [-0.4, -0.2) is 6.88 Å². The van der Waals surface area contributed by atoms with Crippen molar-refractivity contribution in [3.05, 3.63) is 129 Å². The Morgan fingerprint density at radius 1 is 0.673 bits per heavy atom. The third-order valence-electron chi connectivity index (χ3n) is 12.2. The molecule has 4 aromatic carbocycles. The summed E-state index contributed by atoms with van der Waals surface area (Å²) in [6.45, 7) is 26.0. The van der Waals surface area contributed by atoms with Gasteiger partial charge >= 0.3 is 309 Å². The van der Waals surface area contributed by atoms with Gasteiger partial charge in [-0.1, -0.05) is 0 Å². The van der Waals surface area contributed by atoms with Crippen LogP contribution in [0.15, 0.2) is 90.0 Å². The van der Waals surface area contributed by atoms with Gasteiger partial charge in [-0.05, 0) is 0 Å². The average molecular weight is 831 g/mol. The fraction of sp³-hybridized carbons (Fsp3) is 0.417. The Kier molecular flexibility index (Phi) is 12.6. The van der Waals surface area contributed by atoms with E-state index in [1.54, 1.807) is 22.3 Å². The predicted octanol–water partition coefficient (Wildman–Crippen LogP) is 14.5. The molecule has 0 nitrogen and oxygen atoms in total. The zero-order valence-electron chi connectivity index (χ0n) is 34.0. The van der Waals surface area contributed by atoms with Crippen LogP contribution >= 0.6 is 24.8 Å². The molecule has 0 spiro atoms. The van der Waals surface area contributed by atoms with Crippen molar-refractivity contribution < 1.29 is 17.4 Å². The van der Waals surface area contributed by atoms with Crippen molar-refractivity contribution in [2.24, 2.45) is 5.92 Å². The van der Waals surface area contributed by atoms with Crippen LogP contribution in [0.4, 0.5) is 0 Å². The number of hydrogen-bond acceptors (Lipinski definition) is 0. The van der Waals surface area contributed by atoms with E-state index < -0.39 is 17.4 Å². The van der Waals surface area contributed by atoms with Crippen LogP contribution < -0.4 is 0 Å². The molecule has 0 saturated heterocycles. The van der Waals surface area contributed by atoms with Gasteiger partial charge in [0.1, 0.15) is 0 Å². The van der Waals surface area contributed by atoms with Crippen LogP contribution in [0.2, 0.25) is 9.26 Å². The molecule has 278 valence electrons. The molecule has 0 fully saturated rings. The predicted molar refractivity (Wildman–Crippen MR) is 236 cm³/mol. The van der Waals surface area contributed by atoms with Crippen molar-refractivity contribution in [2.75, 3.05) is 0 Å². The van der Waals surface area contributed by atoms with E-state index in [4.69, 9.17) is 0 Å². The molecule has 2 aliphatic carbocycles. The van der Waals surface area contributed by atoms with Crippen molar-refractivity contribution in [1.82, 2.24) is 0 Å². The Balaban J connectivity index is 0.00000302. The van der Waals surface area contributed by atoms with Crippen LogP contribution in [-0.2, 0) is 28.2 Å². The molecule has 4 heteroatoms. The molecule has 0 bridgehead atoms. The molecule has 0 aromatic heterocycles. The Labute approximate surface area is 331 Å². The maximum atomic E-state index is 2.81. The van der Waals surface area contributed by atoms with Gasteiger partial charge in [0.15, 0.2) is 0 Å². The molecule has 0 amide bonds. The zero-order valence-corrected chi connectivity index (χ0v) is 39.5. The molecule has 0 radical (unpaired) electrons. The van der Waals surface area contributed by atoms with E-state index in [0.29, 0.717) is 13.2 Å². The first kappa shape index (κ1) is 42.8. The second-order valence-electron chi connectivity index (χ2n) is 19.2. The summed E-state index contributed by atoms with van der Waals surface area (Å²) < 4.78 is 6.63. The maximum Gasteiger partial charge on any atom is -0.147 e. The third kappa shape index (κ3) is 7.89. The standard InChI is InChI=1S/C25H31.C21H23.2CH3.2ClH.H2Si.Zr/c1-6-7-9-18(2)21-16-20-10-8-11-23(24(20)17-21)19-12-14-22(15-13-19)25(3,4)5;1-14-10-17-11-15(2)13-20(17)19(12-14)16-6-8-18(9-7-16)21(3,4)5;;;;;;/h8,10-18H,6-7,9H2,1-5H3;6-13H,1-5H3;2*1H3;2*1H;1H2;. The molecule has 0 saturated carbocycles. The first-order chi connectivity index (χ1) is 23.3. The van der Waals surface area contributed by atoms with Crippen molar-refractivity contribution >= 4 is 43.8 Å². The normalized spacial score (nSPS) is 17.7. The average Bonchev–Trinajstić information content (AvgIpc) is 3.61. The second kappa shape index (κ2) is 15.3. The Morgan fingerprint density at radius 2 is 1.19 bits per heavy atom. The van der Waals surface area contributed by atoms with Crippen LogP contribution in [0.25, 0.3) is 34.4 Å². The Hall–Kier alpha value is -1.96. The minimum absolute atomic E-state index is 0. The van der Waals surface area contributed by atoms with Gasteiger partial charge in [0.05, 0.1) is 0 Å². The summed E-state index contributed by atoms with van der Waals surface area (Å²) in [4.78, 5) is 0. The number of hydrogen-bond donors (Lipinski definition) is 0. The van der Waals surface area contributed by atoms with E-state index in [9.17, 15) is 0 Å². The Morgan fingerprint density at radius 3 is 1.71 bits per heavy atom. The van der Waals surface area contributed by atoms with Gasteiger partial charge in [0, 0.05) is 0 Å². The van der Waals surface area contributed by atoms with E-state index >= 15 is 0 Å².